The van der Waals surface area contributed by atoms with Gasteiger partial charge < -0.3 is 10.1 Å². The molecule has 1 fully saturated rings. The fourth-order valence-electron chi connectivity index (χ4n) is 1.89. The second kappa shape index (κ2) is 5.92. The van der Waals surface area contributed by atoms with Crippen LogP contribution in [-0.4, -0.2) is 36.2 Å². The second-order valence-corrected chi connectivity index (χ2v) is 6.04. The molecule has 0 aromatic heterocycles. The Hall–Kier alpha value is -0.220. The van der Waals surface area contributed by atoms with Crippen LogP contribution in [0.3, 0.4) is 0 Å². The smallest absolute Gasteiger partial charge is 0.251 e. The molecule has 0 unspecified atom stereocenters. The Labute approximate surface area is 103 Å². The van der Waals surface area contributed by atoms with Gasteiger partial charge in [0.15, 0.2) is 0 Å². The minimum Gasteiger partial charge on any atom is -0.369 e. The maximum absolute atomic E-state index is 11.9. The average Bonchev–Trinajstić information content (AvgIpc) is 2.30. The van der Waals surface area contributed by atoms with E-state index in [2.05, 4.69) is 11.6 Å². The molecule has 0 aromatic carbocycles. The summed E-state index contributed by atoms with van der Waals surface area (Å²) in [5.41, 5.74) is -0.712. The summed E-state index contributed by atoms with van der Waals surface area (Å²) in [6.07, 6.45) is 6.77. The van der Waals surface area contributed by atoms with Gasteiger partial charge in [0.05, 0.1) is 0 Å². The van der Waals surface area contributed by atoms with Crippen molar-refractivity contribution < 1.29 is 9.53 Å². The molecule has 16 heavy (non-hydrogen) atoms. The summed E-state index contributed by atoms with van der Waals surface area (Å²) in [4.78, 5) is 11.9. The quantitative estimate of drug-likeness (QED) is 0.825. The molecule has 0 aromatic rings. The third kappa shape index (κ3) is 3.67. The summed E-state index contributed by atoms with van der Waals surface area (Å²) < 4.78 is 5.17. The van der Waals surface area contributed by atoms with Crippen LogP contribution in [0.25, 0.3) is 0 Å². The van der Waals surface area contributed by atoms with Crippen molar-refractivity contribution in [2.75, 3.05) is 13.4 Å². The van der Waals surface area contributed by atoms with E-state index in [1.807, 2.05) is 11.8 Å². The lowest BCUT2D eigenvalue weighted by Gasteiger charge is -2.31. The minimum atomic E-state index is -0.712. The van der Waals surface area contributed by atoms with Crippen molar-refractivity contribution in [2.24, 2.45) is 0 Å². The van der Waals surface area contributed by atoms with Crippen LogP contribution in [0.15, 0.2) is 0 Å². The molecular formula is C12H23NO2S. The minimum absolute atomic E-state index is 0.00241. The van der Waals surface area contributed by atoms with E-state index in [-0.39, 0.29) is 5.91 Å². The molecular weight excluding hydrogens is 222 g/mol. The number of hydrogen-bond acceptors (Lipinski definition) is 3. The Morgan fingerprint density at radius 2 is 1.88 bits per heavy atom. The Bertz CT molecular complexity index is 235. The van der Waals surface area contributed by atoms with Gasteiger partial charge in [0.1, 0.15) is 5.60 Å². The molecule has 1 saturated carbocycles. The van der Waals surface area contributed by atoms with Crippen LogP contribution >= 0.6 is 11.8 Å². The van der Waals surface area contributed by atoms with Gasteiger partial charge in [0.2, 0.25) is 0 Å². The predicted octanol–water partition coefficient (Wildman–Crippen LogP) is 2.20. The first-order valence-corrected chi connectivity index (χ1v) is 7.17. The molecule has 0 saturated heterocycles. The van der Waals surface area contributed by atoms with Crippen LogP contribution in [0.2, 0.25) is 0 Å². The molecule has 0 aliphatic heterocycles. The van der Waals surface area contributed by atoms with Crippen LogP contribution < -0.4 is 5.32 Å². The summed E-state index contributed by atoms with van der Waals surface area (Å²) in [5.74, 6) is 0.00241. The number of hydrogen-bond donors (Lipinski definition) is 1. The number of methoxy groups -OCH3 is 1. The highest BCUT2D eigenvalue weighted by Gasteiger charge is 2.30. The number of carbonyl (C=O) groups excluding carboxylic acids is 1. The summed E-state index contributed by atoms with van der Waals surface area (Å²) in [6, 6.07) is 0.338. The molecule has 4 heteroatoms. The van der Waals surface area contributed by atoms with Gasteiger partial charge in [0, 0.05) is 18.4 Å². The normalized spacial score (nSPS) is 26.5. The zero-order valence-corrected chi connectivity index (χ0v) is 11.5. The zero-order chi connectivity index (χ0) is 12.2. The van der Waals surface area contributed by atoms with Crippen molar-refractivity contribution >= 4 is 17.7 Å². The highest BCUT2D eigenvalue weighted by atomic mass is 32.2. The first-order chi connectivity index (χ1) is 7.49. The molecule has 94 valence electrons. The third-order valence-electron chi connectivity index (χ3n) is 3.40. The van der Waals surface area contributed by atoms with E-state index in [9.17, 15) is 4.79 Å². The van der Waals surface area contributed by atoms with Crippen LogP contribution in [-0.2, 0) is 9.53 Å². The van der Waals surface area contributed by atoms with Gasteiger partial charge in [0.25, 0.3) is 5.91 Å². The highest BCUT2D eigenvalue weighted by molar-refractivity contribution is 7.99. The fourth-order valence-corrected chi connectivity index (χ4v) is 2.64. The van der Waals surface area contributed by atoms with E-state index in [0.29, 0.717) is 6.04 Å². The first kappa shape index (κ1) is 13.8. The lowest BCUT2D eigenvalue weighted by atomic mass is 9.94. The standard InChI is InChI=1S/C12H23NO2S/c1-12(2,15-3)11(14)13-9-5-7-10(16-4)8-6-9/h9-10H,5-8H2,1-4H3,(H,13,14). The summed E-state index contributed by atoms with van der Waals surface area (Å²) in [6.45, 7) is 3.60. The van der Waals surface area contributed by atoms with E-state index in [1.54, 1.807) is 21.0 Å². The SMILES string of the molecule is COC(C)(C)C(=O)NC1CCC(SC)CC1. The van der Waals surface area contributed by atoms with E-state index < -0.39 is 5.60 Å². The molecule has 1 aliphatic carbocycles. The molecule has 1 amide bonds. The van der Waals surface area contributed by atoms with Gasteiger partial charge in [-0.25, -0.2) is 0 Å². The van der Waals surface area contributed by atoms with Crippen molar-refractivity contribution in [3.63, 3.8) is 0 Å². The number of thioether (sulfide) groups is 1. The molecule has 0 heterocycles. The number of nitrogens with one attached hydrogen (secondary N) is 1. The second-order valence-electron chi connectivity index (χ2n) is 4.90. The molecule has 1 N–H and O–H groups in total. The maximum Gasteiger partial charge on any atom is 0.251 e. The van der Waals surface area contributed by atoms with Crippen molar-refractivity contribution in [1.29, 1.82) is 0 Å². The van der Waals surface area contributed by atoms with Crippen molar-refractivity contribution in [2.45, 2.75) is 56.4 Å². The van der Waals surface area contributed by atoms with Gasteiger partial charge in [-0.3, -0.25) is 4.79 Å². The monoisotopic (exact) mass is 245 g/mol. The topological polar surface area (TPSA) is 38.3 Å². The number of amides is 1. The Morgan fingerprint density at radius 3 is 2.31 bits per heavy atom. The van der Waals surface area contributed by atoms with Crippen LogP contribution in [0, 0.1) is 0 Å². The van der Waals surface area contributed by atoms with Gasteiger partial charge in [-0.05, 0) is 45.8 Å². The van der Waals surface area contributed by atoms with E-state index in [0.717, 1.165) is 18.1 Å². The Morgan fingerprint density at radius 1 is 1.31 bits per heavy atom. The highest BCUT2D eigenvalue weighted by Crippen LogP contribution is 2.27. The Kier molecular flexibility index (Phi) is 5.12. The number of carbonyl (C=O) groups is 1. The predicted molar refractivity (Wildman–Crippen MR) is 68.8 cm³/mol. The summed E-state index contributed by atoms with van der Waals surface area (Å²) in [7, 11) is 1.57. The van der Waals surface area contributed by atoms with E-state index >= 15 is 0 Å². The molecule has 0 atom stereocenters. The molecule has 1 aliphatic rings. The third-order valence-corrected chi connectivity index (χ3v) is 4.54. The number of ether oxygens (including phenoxy) is 1. The average molecular weight is 245 g/mol. The Balaban J connectivity index is 2.36. The van der Waals surface area contributed by atoms with E-state index in [4.69, 9.17) is 4.74 Å². The molecule has 0 spiro atoms. The van der Waals surface area contributed by atoms with Gasteiger partial charge in [-0.2, -0.15) is 11.8 Å². The van der Waals surface area contributed by atoms with Crippen LogP contribution in [0.5, 0.6) is 0 Å². The van der Waals surface area contributed by atoms with Crippen LogP contribution in [0.1, 0.15) is 39.5 Å². The van der Waals surface area contributed by atoms with E-state index in [1.165, 1.54) is 12.8 Å². The zero-order valence-electron chi connectivity index (χ0n) is 10.7. The lowest BCUT2D eigenvalue weighted by Crippen LogP contribution is -2.48. The first-order valence-electron chi connectivity index (χ1n) is 5.88. The molecule has 0 bridgehead atoms. The fraction of sp³-hybridized carbons (Fsp3) is 0.917. The van der Waals surface area contributed by atoms with Crippen molar-refractivity contribution in [1.82, 2.24) is 5.32 Å². The van der Waals surface area contributed by atoms with Crippen molar-refractivity contribution in [3.05, 3.63) is 0 Å². The van der Waals surface area contributed by atoms with Crippen LogP contribution in [0.4, 0.5) is 0 Å². The molecule has 0 radical (unpaired) electrons. The molecule has 3 nitrogen and oxygen atoms in total. The molecule has 1 rings (SSSR count). The maximum atomic E-state index is 11.9. The van der Waals surface area contributed by atoms with Crippen molar-refractivity contribution in [3.8, 4) is 0 Å². The lowest BCUT2D eigenvalue weighted by molar-refractivity contribution is -0.140. The largest absolute Gasteiger partial charge is 0.369 e. The van der Waals surface area contributed by atoms with Gasteiger partial charge >= 0.3 is 0 Å². The van der Waals surface area contributed by atoms with Gasteiger partial charge in [-0.1, -0.05) is 0 Å². The summed E-state index contributed by atoms with van der Waals surface area (Å²) >= 11 is 1.94. The summed E-state index contributed by atoms with van der Waals surface area (Å²) in [5, 5.41) is 3.86. The van der Waals surface area contributed by atoms with Gasteiger partial charge in [-0.15, -0.1) is 0 Å². The number of rotatable bonds is 4.